The molecule has 4 heterocycles. The molecule has 4 aromatic rings. The summed E-state index contributed by atoms with van der Waals surface area (Å²) in [5, 5.41) is 12.9. The third kappa shape index (κ3) is 7.91. The highest BCUT2D eigenvalue weighted by atomic mass is 35.5. The van der Waals surface area contributed by atoms with Crippen molar-refractivity contribution < 1.29 is 32.9 Å². The molecule has 0 bridgehead atoms. The number of carbonyl (C=O) groups excluding carboxylic acids is 4. The molecule has 3 aliphatic heterocycles. The minimum atomic E-state index is -2.58. The van der Waals surface area contributed by atoms with Crippen LogP contribution in [0.5, 0.6) is 5.75 Å². The molecule has 55 heavy (non-hydrogen) atoms. The zero-order chi connectivity index (χ0) is 39.0. The molecule has 14 nitrogen and oxygen atoms in total. The SMILES string of the molecule is COc1cc(N2CCC(NCc3cc4c(cc3F)C(=O)N(C3CCC(=O)NC3=O)C4=O)CC2)ccc1Nc1ncc(Cl)c(Nc2ccccc2P(C)(C)=O)n1. The molecule has 286 valence electrons. The second-order valence-electron chi connectivity index (χ2n) is 14.0. The van der Waals surface area contributed by atoms with Crippen molar-refractivity contribution in [1.82, 2.24) is 25.5 Å². The summed E-state index contributed by atoms with van der Waals surface area (Å²) in [4.78, 5) is 62.2. The van der Waals surface area contributed by atoms with Gasteiger partial charge in [-0.1, -0.05) is 23.7 Å². The third-order valence-electron chi connectivity index (χ3n) is 9.96. The summed E-state index contributed by atoms with van der Waals surface area (Å²) < 4.78 is 33.8. The lowest BCUT2D eigenvalue weighted by molar-refractivity contribution is -0.136. The fourth-order valence-corrected chi connectivity index (χ4v) is 8.35. The molecule has 1 atom stereocenters. The summed E-state index contributed by atoms with van der Waals surface area (Å²) in [5.74, 6) is -2.02. The first-order chi connectivity index (χ1) is 26.3. The van der Waals surface area contributed by atoms with Gasteiger partial charge in [0.1, 0.15) is 29.8 Å². The maximum atomic E-state index is 15.2. The highest BCUT2D eigenvalue weighted by Gasteiger charge is 2.45. The second kappa shape index (κ2) is 15.4. The Morgan fingerprint density at radius 3 is 2.40 bits per heavy atom. The van der Waals surface area contributed by atoms with Crippen molar-refractivity contribution in [1.29, 1.82) is 0 Å². The number of nitrogens with zero attached hydrogens (tertiary/aromatic N) is 4. The number of carbonyl (C=O) groups is 4. The lowest BCUT2D eigenvalue weighted by atomic mass is 10.0. The number of hydrogen-bond donors (Lipinski definition) is 4. The smallest absolute Gasteiger partial charge is 0.262 e. The Hall–Kier alpha value is -5.37. The van der Waals surface area contributed by atoms with Crippen LogP contribution in [0.25, 0.3) is 0 Å². The van der Waals surface area contributed by atoms with Crippen molar-refractivity contribution in [2.45, 2.75) is 44.3 Å². The van der Waals surface area contributed by atoms with E-state index in [0.29, 0.717) is 46.4 Å². The topological polar surface area (TPSA) is 175 Å². The fourth-order valence-electron chi connectivity index (χ4n) is 7.06. The van der Waals surface area contributed by atoms with E-state index in [1.165, 1.54) is 12.3 Å². The Morgan fingerprint density at radius 1 is 0.964 bits per heavy atom. The fraction of sp³-hybridized carbons (Fsp3) is 0.316. The summed E-state index contributed by atoms with van der Waals surface area (Å²) in [7, 11) is -1.000. The number of para-hydroxylation sites is 1. The number of aromatic nitrogens is 2. The first-order valence-corrected chi connectivity index (χ1v) is 20.7. The first kappa shape index (κ1) is 37.9. The van der Waals surface area contributed by atoms with Crippen LogP contribution >= 0.6 is 18.7 Å². The molecule has 17 heteroatoms. The van der Waals surface area contributed by atoms with Crippen molar-refractivity contribution in [2.75, 3.05) is 49.1 Å². The zero-order valence-electron chi connectivity index (χ0n) is 30.3. The molecule has 2 saturated heterocycles. The molecule has 0 aliphatic carbocycles. The molecule has 4 amide bonds. The van der Waals surface area contributed by atoms with E-state index < -0.39 is 42.6 Å². The Kier molecular flexibility index (Phi) is 10.6. The van der Waals surface area contributed by atoms with Crippen LogP contribution in [-0.4, -0.2) is 84.1 Å². The van der Waals surface area contributed by atoms with Crippen molar-refractivity contribution in [3.05, 3.63) is 88.3 Å². The minimum Gasteiger partial charge on any atom is -0.494 e. The van der Waals surface area contributed by atoms with Gasteiger partial charge in [0.15, 0.2) is 5.82 Å². The molecular formula is C38H39ClFN8O6P. The quantitative estimate of drug-likeness (QED) is 0.116. The normalized spacial score (nSPS) is 17.7. The number of fused-ring (bicyclic) bond motifs is 1. The number of ether oxygens (including phenoxy) is 1. The zero-order valence-corrected chi connectivity index (χ0v) is 32.0. The molecular weight excluding hydrogens is 750 g/mol. The lowest BCUT2D eigenvalue weighted by Gasteiger charge is -2.34. The van der Waals surface area contributed by atoms with Crippen LogP contribution in [0, 0.1) is 5.82 Å². The molecule has 1 unspecified atom stereocenters. The van der Waals surface area contributed by atoms with Gasteiger partial charge >= 0.3 is 0 Å². The standard InChI is InChI=1S/C38H39ClFN8O6P/c1-54-31-17-23(8-9-28(31)44-38-42-20-26(39)34(46-38)43-29-6-4-5-7-32(29)55(2,3)53)47-14-12-22(13-15-47)41-19-21-16-24-25(18-27(21)40)37(52)48(36(24)51)30-10-11-33(49)45-35(30)50/h4-9,16-18,20,22,30,41H,10-15,19H2,1-3H3,(H,45,49,50)(H2,42,43,44,46). The molecule has 0 saturated carbocycles. The lowest BCUT2D eigenvalue weighted by Crippen LogP contribution is -2.54. The molecule has 0 radical (unpaired) electrons. The summed E-state index contributed by atoms with van der Waals surface area (Å²) >= 11 is 6.44. The second-order valence-corrected chi connectivity index (χ2v) is 17.6. The predicted molar refractivity (Wildman–Crippen MR) is 207 cm³/mol. The van der Waals surface area contributed by atoms with E-state index in [9.17, 15) is 23.7 Å². The number of methoxy groups -OCH3 is 1. The van der Waals surface area contributed by atoms with Crippen LogP contribution in [-0.2, 0) is 20.7 Å². The minimum absolute atomic E-state index is 0.00324. The van der Waals surface area contributed by atoms with Gasteiger partial charge in [-0.05, 0) is 69.0 Å². The Morgan fingerprint density at radius 2 is 1.69 bits per heavy atom. The number of imide groups is 2. The molecule has 3 aromatic carbocycles. The van der Waals surface area contributed by atoms with Crippen molar-refractivity contribution in [2.24, 2.45) is 0 Å². The Bertz CT molecular complexity index is 2260. The average molecular weight is 789 g/mol. The van der Waals surface area contributed by atoms with E-state index in [0.717, 1.165) is 29.5 Å². The van der Waals surface area contributed by atoms with Gasteiger partial charge in [-0.15, -0.1) is 0 Å². The third-order valence-corrected chi connectivity index (χ3v) is 11.8. The van der Waals surface area contributed by atoms with E-state index in [1.807, 2.05) is 42.5 Å². The number of hydrogen-bond acceptors (Lipinski definition) is 12. The summed E-state index contributed by atoms with van der Waals surface area (Å²) in [6.45, 7) is 4.98. The Labute approximate surface area is 321 Å². The number of halogens is 2. The van der Waals surface area contributed by atoms with Gasteiger partial charge in [0.25, 0.3) is 11.8 Å². The van der Waals surface area contributed by atoms with Gasteiger partial charge in [0.2, 0.25) is 17.8 Å². The van der Waals surface area contributed by atoms with Gasteiger partial charge in [-0.25, -0.2) is 9.37 Å². The highest BCUT2D eigenvalue weighted by Crippen LogP contribution is 2.39. The number of piperidine rings is 2. The van der Waals surface area contributed by atoms with Crippen LogP contribution in [0.3, 0.4) is 0 Å². The van der Waals surface area contributed by atoms with E-state index in [-0.39, 0.29) is 48.1 Å². The highest BCUT2D eigenvalue weighted by molar-refractivity contribution is 7.70. The van der Waals surface area contributed by atoms with Gasteiger partial charge in [-0.2, -0.15) is 4.98 Å². The molecule has 3 aliphatic rings. The van der Waals surface area contributed by atoms with Crippen LogP contribution in [0.15, 0.2) is 60.8 Å². The number of nitrogens with one attached hydrogen (secondary N) is 4. The molecule has 0 spiro atoms. The average Bonchev–Trinajstić information content (AvgIpc) is 3.39. The van der Waals surface area contributed by atoms with Gasteiger partial charge in [0, 0.05) is 54.7 Å². The largest absolute Gasteiger partial charge is 0.494 e. The monoisotopic (exact) mass is 788 g/mol. The number of amides is 4. The van der Waals surface area contributed by atoms with Gasteiger partial charge in [0.05, 0.1) is 35.8 Å². The van der Waals surface area contributed by atoms with E-state index in [4.69, 9.17) is 16.3 Å². The van der Waals surface area contributed by atoms with E-state index in [2.05, 4.69) is 36.1 Å². The number of anilines is 5. The molecule has 7 rings (SSSR count). The van der Waals surface area contributed by atoms with Crippen molar-refractivity contribution >= 4 is 76.5 Å². The van der Waals surface area contributed by atoms with E-state index >= 15 is 4.39 Å². The van der Waals surface area contributed by atoms with Gasteiger partial charge in [-0.3, -0.25) is 29.4 Å². The maximum Gasteiger partial charge on any atom is 0.262 e. The van der Waals surface area contributed by atoms with E-state index in [1.54, 1.807) is 20.4 Å². The van der Waals surface area contributed by atoms with Crippen molar-refractivity contribution in [3.63, 3.8) is 0 Å². The molecule has 2 fully saturated rings. The summed E-state index contributed by atoms with van der Waals surface area (Å²) in [5.41, 5.74) is 2.43. The predicted octanol–water partition coefficient (Wildman–Crippen LogP) is 5.17. The summed E-state index contributed by atoms with van der Waals surface area (Å²) in [6.07, 6.45) is 3.04. The van der Waals surface area contributed by atoms with Crippen LogP contribution in [0.2, 0.25) is 5.02 Å². The van der Waals surface area contributed by atoms with Crippen molar-refractivity contribution in [3.8, 4) is 5.75 Å². The van der Waals surface area contributed by atoms with Crippen LogP contribution in [0.4, 0.5) is 33.2 Å². The first-order valence-electron chi connectivity index (χ1n) is 17.7. The maximum absolute atomic E-state index is 15.2. The van der Waals surface area contributed by atoms with Crippen LogP contribution < -0.4 is 36.2 Å². The summed E-state index contributed by atoms with van der Waals surface area (Å²) in [6, 6.07) is 14.5. The van der Waals surface area contributed by atoms with Crippen LogP contribution in [0.1, 0.15) is 52.0 Å². The number of benzene rings is 3. The Balaban J connectivity index is 0.962. The number of rotatable bonds is 11. The van der Waals surface area contributed by atoms with Gasteiger partial charge < -0.3 is 30.2 Å². The molecule has 1 aromatic heterocycles. The molecule has 4 N–H and O–H groups in total.